The molecular formula is C15H19N3O4S. The van der Waals surface area contributed by atoms with E-state index >= 15 is 0 Å². The van der Waals surface area contributed by atoms with Gasteiger partial charge >= 0.3 is 0 Å². The quantitative estimate of drug-likeness (QED) is 0.832. The topological polar surface area (TPSA) is 101 Å². The predicted molar refractivity (Wildman–Crippen MR) is 86.4 cm³/mol. The first kappa shape index (κ1) is 17.0. The Morgan fingerprint density at radius 2 is 2.04 bits per heavy atom. The molecule has 0 spiro atoms. The molecule has 2 aromatic rings. The van der Waals surface area contributed by atoms with Crippen LogP contribution in [0.5, 0.6) is 0 Å². The molecule has 0 aliphatic heterocycles. The van der Waals surface area contributed by atoms with E-state index < -0.39 is 10.0 Å². The van der Waals surface area contributed by atoms with Gasteiger partial charge in [0.25, 0.3) is 0 Å². The minimum atomic E-state index is -3.32. The minimum Gasteiger partial charge on any atom is -0.361 e. The third-order valence-electron chi connectivity index (χ3n) is 3.24. The lowest BCUT2D eigenvalue weighted by molar-refractivity contribution is -0.120. The first-order valence-corrected chi connectivity index (χ1v) is 8.89. The second kappa shape index (κ2) is 6.82. The first-order valence-electron chi connectivity index (χ1n) is 7.00. The molecule has 0 unspecified atom stereocenters. The fourth-order valence-corrected chi connectivity index (χ4v) is 2.69. The number of nitrogens with zero attached hydrogens (tertiary/aromatic N) is 1. The van der Waals surface area contributed by atoms with E-state index in [0.29, 0.717) is 23.7 Å². The summed E-state index contributed by atoms with van der Waals surface area (Å²) in [5.41, 5.74) is 2.75. The zero-order chi connectivity index (χ0) is 17.0. The van der Waals surface area contributed by atoms with Gasteiger partial charge in [0.2, 0.25) is 15.9 Å². The number of carbonyl (C=O) groups excluding carboxylic acids is 1. The van der Waals surface area contributed by atoms with E-state index in [9.17, 15) is 13.2 Å². The highest BCUT2D eigenvalue weighted by Crippen LogP contribution is 2.14. The molecule has 0 saturated heterocycles. The lowest BCUT2D eigenvalue weighted by Crippen LogP contribution is -2.25. The Labute approximate surface area is 135 Å². The molecule has 0 saturated carbocycles. The first-order chi connectivity index (χ1) is 10.7. The number of sulfonamides is 1. The number of carbonyl (C=O) groups is 1. The van der Waals surface area contributed by atoms with Crippen LogP contribution < -0.4 is 10.0 Å². The van der Waals surface area contributed by atoms with Crippen molar-refractivity contribution in [1.82, 2.24) is 10.5 Å². The molecule has 0 radical (unpaired) electrons. The smallest absolute Gasteiger partial charge is 0.229 e. The Balaban J connectivity index is 1.95. The van der Waals surface area contributed by atoms with Crippen LogP contribution in [0.4, 0.5) is 5.69 Å². The maximum absolute atomic E-state index is 12.0. The molecule has 8 heteroatoms. The fourth-order valence-electron chi connectivity index (χ4n) is 2.14. The summed E-state index contributed by atoms with van der Waals surface area (Å²) in [5, 5.41) is 6.61. The zero-order valence-corrected chi connectivity index (χ0v) is 14.0. The van der Waals surface area contributed by atoms with Crippen molar-refractivity contribution in [3.8, 4) is 0 Å². The van der Waals surface area contributed by atoms with Gasteiger partial charge in [0.15, 0.2) is 0 Å². The van der Waals surface area contributed by atoms with Crippen molar-refractivity contribution >= 4 is 21.6 Å². The number of benzene rings is 1. The SMILES string of the molecule is Cc1noc(C)c1CC(=O)NCc1cccc(NS(C)(=O)=O)c1. The van der Waals surface area contributed by atoms with Gasteiger partial charge in [-0.05, 0) is 31.5 Å². The van der Waals surface area contributed by atoms with E-state index in [1.807, 2.05) is 6.07 Å². The van der Waals surface area contributed by atoms with Gasteiger partial charge in [-0.3, -0.25) is 9.52 Å². The number of aryl methyl sites for hydroxylation is 2. The summed E-state index contributed by atoms with van der Waals surface area (Å²) < 4.78 is 29.9. The van der Waals surface area contributed by atoms with Crippen molar-refractivity contribution in [3.63, 3.8) is 0 Å². The third-order valence-corrected chi connectivity index (χ3v) is 3.84. The van der Waals surface area contributed by atoms with Gasteiger partial charge < -0.3 is 9.84 Å². The summed E-state index contributed by atoms with van der Waals surface area (Å²) in [6.45, 7) is 3.86. The monoisotopic (exact) mass is 337 g/mol. The molecule has 1 aromatic heterocycles. The van der Waals surface area contributed by atoms with Gasteiger partial charge in [-0.25, -0.2) is 8.42 Å². The maximum atomic E-state index is 12.0. The molecule has 2 rings (SSSR count). The molecule has 1 aromatic carbocycles. The number of hydrogen-bond donors (Lipinski definition) is 2. The fraction of sp³-hybridized carbons (Fsp3) is 0.333. The molecular weight excluding hydrogens is 318 g/mol. The van der Waals surface area contributed by atoms with Gasteiger partial charge in [0, 0.05) is 17.8 Å². The summed E-state index contributed by atoms with van der Waals surface area (Å²) in [6.07, 6.45) is 1.29. The van der Waals surface area contributed by atoms with Crippen molar-refractivity contribution in [3.05, 3.63) is 46.8 Å². The van der Waals surface area contributed by atoms with Crippen molar-refractivity contribution < 1.29 is 17.7 Å². The summed E-state index contributed by atoms with van der Waals surface area (Å²) in [4.78, 5) is 12.0. The van der Waals surface area contributed by atoms with E-state index in [1.54, 1.807) is 32.0 Å². The van der Waals surface area contributed by atoms with E-state index in [1.165, 1.54) is 0 Å². The van der Waals surface area contributed by atoms with E-state index in [4.69, 9.17) is 4.52 Å². The number of aromatic nitrogens is 1. The largest absolute Gasteiger partial charge is 0.361 e. The second-order valence-electron chi connectivity index (χ2n) is 5.33. The highest BCUT2D eigenvalue weighted by Gasteiger charge is 2.13. The van der Waals surface area contributed by atoms with Crippen LogP contribution in [-0.2, 0) is 27.8 Å². The lowest BCUT2D eigenvalue weighted by Gasteiger charge is -2.08. The van der Waals surface area contributed by atoms with E-state index in [2.05, 4.69) is 15.2 Å². The van der Waals surface area contributed by atoms with Gasteiger partial charge in [0.1, 0.15) is 5.76 Å². The molecule has 1 heterocycles. The maximum Gasteiger partial charge on any atom is 0.229 e. The molecule has 0 aliphatic rings. The molecule has 0 aliphatic carbocycles. The van der Waals surface area contributed by atoms with E-state index in [0.717, 1.165) is 17.4 Å². The van der Waals surface area contributed by atoms with Gasteiger partial charge in [-0.1, -0.05) is 17.3 Å². The minimum absolute atomic E-state index is 0.152. The van der Waals surface area contributed by atoms with Crippen LogP contribution in [0.1, 0.15) is 22.6 Å². The lowest BCUT2D eigenvalue weighted by atomic mass is 10.1. The van der Waals surface area contributed by atoms with E-state index in [-0.39, 0.29) is 12.3 Å². The average molecular weight is 337 g/mol. The third kappa shape index (κ3) is 5.10. The van der Waals surface area contributed by atoms with Crippen molar-refractivity contribution in [2.24, 2.45) is 0 Å². The van der Waals surface area contributed by atoms with Crippen LogP contribution >= 0.6 is 0 Å². The molecule has 1 amide bonds. The second-order valence-corrected chi connectivity index (χ2v) is 7.08. The average Bonchev–Trinajstić information content (AvgIpc) is 2.76. The summed E-state index contributed by atoms with van der Waals surface area (Å²) >= 11 is 0. The van der Waals surface area contributed by atoms with Crippen LogP contribution in [0.2, 0.25) is 0 Å². The Hall–Kier alpha value is -2.35. The molecule has 0 fully saturated rings. The van der Waals surface area contributed by atoms with Crippen molar-refractivity contribution in [1.29, 1.82) is 0 Å². The number of rotatable bonds is 6. The Morgan fingerprint density at radius 1 is 1.30 bits per heavy atom. The van der Waals surface area contributed by atoms with Gasteiger partial charge in [-0.15, -0.1) is 0 Å². The number of nitrogens with one attached hydrogen (secondary N) is 2. The molecule has 2 N–H and O–H groups in total. The number of anilines is 1. The summed E-state index contributed by atoms with van der Waals surface area (Å²) in [5.74, 6) is 0.484. The van der Waals surface area contributed by atoms with Crippen molar-refractivity contribution in [2.45, 2.75) is 26.8 Å². The van der Waals surface area contributed by atoms with Gasteiger partial charge in [0.05, 0.1) is 18.4 Å². The summed E-state index contributed by atoms with van der Waals surface area (Å²) in [7, 11) is -3.32. The Morgan fingerprint density at radius 3 is 2.65 bits per heavy atom. The highest BCUT2D eigenvalue weighted by atomic mass is 32.2. The van der Waals surface area contributed by atoms with Crippen LogP contribution in [0, 0.1) is 13.8 Å². The van der Waals surface area contributed by atoms with Crippen LogP contribution in [0.3, 0.4) is 0 Å². The standard InChI is InChI=1S/C15H19N3O4S/c1-10-14(11(2)22-17-10)8-15(19)16-9-12-5-4-6-13(7-12)18-23(3,20)21/h4-7,18H,8-9H2,1-3H3,(H,16,19). The van der Waals surface area contributed by atoms with Crippen LogP contribution in [0.25, 0.3) is 0 Å². The molecule has 0 atom stereocenters. The van der Waals surface area contributed by atoms with Crippen LogP contribution in [-0.4, -0.2) is 25.7 Å². The molecule has 0 bridgehead atoms. The van der Waals surface area contributed by atoms with Crippen LogP contribution in [0.15, 0.2) is 28.8 Å². The number of hydrogen-bond acceptors (Lipinski definition) is 5. The summed E-state index contributed by atoms with van der Waals surface area (Å²) in [6, 6.07) is 6.86. The predicted octanol–water partition coefficient (Wildman–Crippen LogP) is 1.52. The zero-order valence-electron chi connectivity index (χ0n) is 13.2. The Bertz CT molecular complexity index is 792. The Kier molecular flexibility index (Phi) is 5.05. The normalized spacial score (nSPS) is 11.3. The molecule has 7 nitrogen and oxygen atoms in total. The van der Waals surface area contributed by atoms with Gasteiger partial charge in [-0.2, -0.15) is 0 Å². The highest BCUT2D eigenvalue weighted by molar-refractivity contribution is 7.92. The number of amides is 1. The molecule has 124 valence electrons. The van der Waals surface area contributed by atoms with Crippen molar-refractivity contribution in [2.75, 3.05) is 11.0 Å². The molecule has 23 heavy (non-hydrogen) atoms.